The zero-order valence-electron chi connectivity index (χ0n) is 19.4. The van der Waals surface area contributed by atoms with Crippen LogP contribution in [-0.2, 0) is 4.79 Å². The first kappa shape index (κ1) is 23.5. The van der Waals surface area contributed by atoms with Crippen molar-refractivity contribution < 1.29 is 9.90 Å². The van der Waals surface area contributed by atoms with Crippen molar-refractivity contribution in [2.75, 3.05) is 0 Å². The summed E-state index contributed by atoms with van der Waals surface area (Å²) in [6.45, 7) is 15.2. The number of ketones is 1. The molecule has 0 amide bonds. The van der Waals surface area contributed by atoms with E-state index in [0.717, 1.165) is 30.4 Å². The molecule has 1 N–H and O–H groups in total. The molecular weight excluding hydrogens is 356 g/mol. The van der Waals surface area contributed by atoms with E-state index in [1.54, 1.807) is 6.08 Å². The molecule has 2 aliphatic carbocycles. The molecule has 0 aliphatic heterocycles. The second-order valence-corrected chi connectivity index (χ2v) is 11.3. The van der Waals surface area contributed by atoms with E-state index in [9.17, 15) is 9.90 Å². The third-order valence-electron chi connectivity index (χ3n) is 5.96. The third-order valence-corrected chi connectivity index (χ3v) is 5.96. The van der Waals surface area contributed by atoms with Crippen LogP contribution in [0.15, 0.2) is 23.3 Å². The van der Waals surface area contributed by atoms with Gasteiger partial charge in [0.05, 0.1) is 0 Å². The Morgan fingerprint density at radius 1 is 1.14 bits per heavy atom. The van der Waals surface area contributed by atoms with Gasteiger partial charge in [0.1, 0.15) is 6.10 Å². The first-order chi connectivity index (χ1) is 13.3. The van der Waals surface area contributed by atoms with Crippen LogP contribution >= 0.6 is 0 Å². The predicted molar refractivity (Wildman–Crippen MR) is 121 cm³/mol. The molecule has 0 aromatic carbocycles. The normalized spacial score (nSPS) is 23.0. The van der Waals surface area contributed by atoms with Gasteiger partial charge in [-0.3, -0.25) is 4.79 Å². The second-order valence-electron chi connectivity index (χ2n) is 11.3. The summed E-state index contributed by atoms with van der Waals surface area (Å²) in [5, 5.41) is 10.4. The SMILES string of the molecule is CC(C)(C#CC1=CC(=O)CC(C)(C)C1)CC(O)C#CC1=CCC(C(C)(C)C)CC1. The molecule has 2 heteroatoms. The molecule has 0 aromatic heterocycles. The van der Waals surface area contributed by atoms with Crippen LogP contribution in [0.4, 0.5) is 0 Å². The molecule has 2 unspecified atom stereocenters. The van der Waals surface area contributed by atoms with Crippen molar-refractivity contribution in [2.45, 2.75) is 93.1 Å². The average Bonchev–Trinajstić information content (AvgIpc) is 2.56. The van der Waals surface area contributed by atoms with E-state index >= 15 is 0 Å². The lowest BCUT2D eigenvalue weighted by atomic mass is 9.73. The fourth-order valence-corrected chi connectivity index (χ4v) is 4.17. The Morgan fingerprint density at radius 3 is 2.38 bits per heavy atom. The Hall–Kier alpha value is -1.77. The van der Waals surface area contributed by atoms with E-state index < -0.39 is 6.10 Å². The Morgan fingerprint density at radius 2 is 1.83 bits per heavy atom. The van der Waals surface area contributed by atoms with Gasteiger partial charge >= 0.3 is 0 Å². The molecule has 0 heterocycles. The molecule has 0 spiro atoms. The van der Waals surface area contributed by atoms with Gasteiger partial charge in [-0.1, -0.05) is 64.4 Å². The molecule has 0 aromatic rings. The van der Waals surface area contributed by atoms with E-state index in [1.807, 2.05) is 13.8 Å². The molecule has 0 fully saturated rings. The van der Waals surface area contributed by atoms with Gasteiger partial charge in [-0.05, 0) is 67.9 Å². The summed E-state index contributed by atoms with van der Waals surface area (Å²) >= 11 is 0. The largest absolute Gasteiger partial charge is 0.380 e. The molecule has 0 saturated heterocycles. The first-order valence-electron chi connectivity index (χ1n) is 10.9. The molecule has 2 nitrogen and oxygen atoms in total. The lowest BCUT2D eigenvalue weighted by Gasteiger charge is -2.32. The van der Waals surface area contributed by atoms with E-state index in [1.165, 1.54) is 6.42 Å². The summed E-state index contributed by atoms with van der Waals surface area (Å²) in [6.07, 6.45) is 8.39. The van der Waals surface area contributed by atoms with Gasteiger partial charge in [0.15, 0.2) is 5.78 Å². The maximum atomic E-state index is 11.9. The Balaban J connectivity index is 1.96. The molecule has 2 aliphatic rings. The van der Waals surface area contributed by atoms with Crippen LogP contribution in [-0.4, -0.2) is 17.0 Å². The second kappa shape index (κ2) is 8.93. The van der Waals surface area contributed by atoms with Crippen LogP contribution in [0.1, 0.15) is 87.0 Å². The zero-order chi connectivity index (χ0) is 21.9. The maximum Gasteiger partial charge on any atom is 0.157 e. The number of hydrogen-bond donors (Lipinski definition) is 1. The number of hydrogen-bond acceptors (Lipinski definition) is 2. The average molecular weight is 395 g/mol. The fraction of sp³-hybridized carbons (Fsp3) is 0.667. The highest BCUT2D eigenvalue weighted by atomic mass is 16.3. The van der Waals surface area contributed by atoms with Crippen molar-refractivity contribution in [3.8, 4) is 23.7 Å². The van der Waals surface area contributed by atoms with E-state index in [-0.39, 0.29) is 16.6 Å². The fourth-order valence-electron chi connectivity index (χ4n) is 4.17. The number of carbonyl (C=O) groups excluding carboxylic acids is 1. The lowest BCUT2D eigenvalue weighted by molar-refractivity contribution is -0.116. The van der Waals surface area contributed by atoms with Gasteiger partial charge in [-0.2, -0.15) is 0 Å². The van der Waals surface area contributed by atoms with Crippen molar-refractivity contribution in [3.63, 3.8) is 0 Å². The molecule has 0 bridgehead atoms. The van der Waals surface area contributed by atoms with Crippen molar-refractivity contribution in [3.05, 3.63) is 23.3 Å². The Kier molecular flexibility index (Phi) is 7.24. The molecule has 2 atom stereocenters. The summed E-state index contributed by atoms with van der Waals surface area (Å²) in [7, 11) is 0. The van der Waals surface area contributed by atoms with Crippen molar-refractivity contribution >= 4 is 5.78 Å². The molecule has 0 saturated carbocycles. The van der Waals surface area contributed by atoms with Gasteiger partial charge < -0.3 is 5.11 Å². The summed E-state index contributed by atoms with van der Waals surface area (Å²) < 4.78 is 0. The van der Waals surface area contributed by atoms with E-state index in [0.29, 0.717) is 24.2 Å². The van der Waals surface area contributed by atoms with Crippen LogP contribution in [0.2, 0.25) is 0 Å². The minimum Gasteiger partial charge on any atom is -0.380 e. The van der Waals surface area contributed by atoms with Gasteiger partial charge in [0.2, 0.25) is 0 Å². The van der Waals surface area contributed by atoms with Crippen molar-refractivity contribution in [1.82, 2.24) is 0 Å². The standard InChI is InChI=1S/C27H38O2/c1-25(2,3)22-11-8-20(9-12-22)10-13-23(28)18-26(4,5)15-14-21-16-24(29)19-27(6,7)17-21/h8,16,22-23,28H,9,11-12,17-19H2,1-7H3. The number of carbonyl (C=O) groups is 1. The number of allylic oxidation sites excluding steroid dienone is 4. The number of aliphatic hydroxyl groups is 1. The van der Waals surface area contributed by atoms with Gasteiger partial charge in [-0.15, -0.1) is 0 Å². The quantitative estimate of drug-likeness (QED) is 0.596. The Bertz CT molecular complexity index is 807. The van der Waals surface area contributed by atoms with Crippen molar-refractivity contribution in [2.24, 2.45) is 22.2 Å². The van der Waals surface area contributed by atoms with Gasteiger partial charge in [0, 0.05) is 23.8 Å². The molecule has 158 valence electrons. The minimum absolute atomic E-state index is 0.0231. The molecule has 29 heavy (non-hydrogen) atoms. The highest BCUT2D eigenvalue weighted by Gasteiger charge is 2.28. The highest BCUT2D eigenvalue weighted by Crippen LogP contribution is 2.37. The number of rotatable bonds is 2. The predicted octanol–water partition coefficient (Wildman–Crippen LogP) is 5.86. The van der Waals surface area contributed by atoms with Crippen molar-refractivity contribution in [1.29, 1.82) is 0 Å². The number of aliphatic hydroxyl groups excluding tert-OH is 1. The smallest absolute Gasteiger partial charge is 0.157 e. The topological polar surface area (TPSA) is 37.3 Å². The summed E-state index contributed by atoms with van der Waals surface area (Å²) in [4.78, 5) is 11.9. The maximum absolute atomic E-state index is 11.9. The first-order valence-corrected chi connectivity index (χ1v) is 10.9. The van der Waals surface area contributed by atoms with Gasteiger partial charge in [-0.25, -0.2) is 0 Å². The monoisotopic (exact) mass is 394 g/mol. The lowest BCUT2D eigenvalue weighted by Crippen LogP contribution is -2.22. The summed E-state index contributed by atoms with van der Waals surface area (Å²) in [5.41, 5.74) is 2.01. The van der Waals surface area contributed by atoms with Gasteiger partial charge in [0.25, 0.3) is 0 Å². The van der Waals surface area contributed by atoms with Crippen LogP contribution in [0.3, 0.4) is 0 Å². The summed E-state index contributed by atoms with van der Waals surface area (Å²) in [6, 6.07) is 0. The molecule has 2 rings (SSSR count). The van der Waals surface area contributed by atoms with Crippen LogP contribution in [0.5, 0.6) is 0 Å². The molecule has 0 radical (unpaired) electrons. The van der Waals surface area contributed by atoms with E-state index in [2.05, 4.69) is 64.4 Å². The highest BCUT2D eigenvalue weighted by molar-refractivity contribution is 5.92. The van der Waals surface area contributed by atoms with Crippen LogP contribution in [0.25, 0.3) is 0 Å². The third kappa shape index (κ3) is 7.87. The minimum atomic E-state index is -0.695. The van der Waals surface area contributed by atoms with E-state index in [4.69, 9.17) is 0 Å². The van der Waals surface area contributed by atoms with Crippen LogP contribution < -0.4 is 0 Å². The van der Waals surface area contributed by atoms with Crippen LogP contribution in [0, 0.1) is 45.8 Å². The summed E-state index contributed by atoms with van der Waals surface area (Å²) in [5.74, 6) is 13.5. The molecular formula is C27H38O2. The zero-order valence-corrected chi connectivity index (χ0v) is 19.4. The Labute approximate surface area is 178 Å².